The number of halogens is 1. The van der Waals surface area contributed by atoms with Crippen LogP contribution in [-0.4, -0.2) is 39.0 Å². The Morgan fingerprint density at radius 2 is 2.00 bits per heavy atom. The smallest absolute Gasteiger partial charge is 0.206 e. The van der Waals surface area contributed by atoms with Crippen molar-refractivity contribution in [2.45, 2.75) is 18.2 Å². The minimum atomic E-state index is -3.00. The summed E-state index contributed by atoms with van der Waals surface area (Å²) in [4.78, 5) is 0.370. The molecule has 1 aliphatic rings. The third kappa shape index (κ3) is 6.19. The summed E-state index contributed by atoms with van der Waals surface area (Å²) in [6.45, 7) is 5.06. The van der Waals surface area contributed by atoms with E-state index >= 15 is 0 Å². The molecule has 4 nitrogen and oxygen atoms in total. The molecule has 7 heteroatoms. The SMILES string of the molecule is CCCN1CCOP1Cl.CS(=O)(=O)c1ccccc1. The lowest BCUT2D eigenvalue weighted by atomic mass is 10.4. The van der Waals surface area contributed by atoms with E-state index in [-0.39, 0.29) is 0 Å². The minimum Gasteiger partial charge on any atom is -0.330 e. The topological polar surface area (TPSA) is 46.6 Å². The summed E-state index contributed by atoms with van der Waals surface area (Å²) < 4.78 is 29.0. The van der Waals surface area contributed by atoms with E-state index in [1.807, 2.05) is 0 Å². The molecule has 1 fully saturated rings. The second-order valence-corrected chi connectivity index (χ2v) is 8.26. The molecule has 0 aliphatic carbocycles. The third-order valence-corrected chi connectivity index (χ3v) is 5.73. The Bertz CT molecular complexity index is 469. The fourth-order valence-electron chi connectivity index (χ4n) is 1.50. The van der Waals surface area contributed by atoms with Crippen LogP contribution in [0.1, 0.15) is 13.3 Å². The van der Waals surface area contributed by atoms with Crippen molar-refractivity contribution in [1.29, 1.82) is 0 Å². The average molecular weight is 324 g/mol. The van der Waals surface area contributed by atoms with Crippen LogP contribution in [0.4, 0.5) is 0 Å². The van der Waals surface area contributed by atoms with E-state index in [2.05, 4.69) is 11.6 Å². The molecule has 1 saturated heterocycles. The second-order valence-electron chi connectivity index (χ2n) is 4.10. The Kier molecular flexibility index (Phi) is 7.26. The van der Waals surface area contributed by atoms with E-state index in [1.165, 1.54) is 6.26 Å². The molecule has 1 aromatic carbocycles. The Balaban J connectivity index is 0.000000191. The maximum atomic E-state index is 10.8. The highest BCUT2D eigenvalue weighted by atomic mass is 35.7. The fraction of sp³-hybridized carbons (Fsp3) is 0.500. The zero-order valence-electron chi connectivity index (χ0n) is 11.1. The van der Waals surface area contributed by atoms with Gasteiger partial charge < -0.3 is 4.52 Å². The Hall–Kier alpha value is -0.190. The Labute approximate surface area is 121 Å². The van der Waals surface area contributed by atoms with Gasteiger partial charge in [-0.2, -0.15) is 0 Å². The zero-order valence-corrected chi connectivity index (χ0v) is 13.6. The van der Waals surface area contributed by atoms with Crippen LogP contribution >= 0.6 is 18.9 Å². The first-order valence-corrected chi connectivity index (χ1v) is 10.0. The van der Waals surface area contributed by atoms with Gasteiger partial charge in [-0.1, -0.05) is 25.1 Å². The summed E-state index contributed by atoms with van der Waals surface area (Å²) in [5.74, 6) is 0. The molecule has 1 heterocycles. The zero-order chi connectivity index (χ0) is 14.3. The summed E-state index contributed by atoms with van der Waals surface area (Å²) >= 11 is 5.83. The number of benzene rings is 1. The number of hydrogen-bond acceptors (Lipinski definition) is 4. The molecular weight excluding hydrogens is 305 g/mol. The van der Waals surface area contributed by atoms with Gasteiger partial charge in [-0.05, 0) is 29.8 Å². The molecule has 2 rings (SSSR count). The Morgan fingerprint density at radius 1 is 1.37 bits per heavy atom. The number of sulfone groups is 1. The predicted octanol–water partition coefficient (Wildman–Crippen LogP) is 3.28. The molecule has 1 atom stereocenters. The molecule has 1 unspecified atom stereocenters. The van der Waals surface area contributed by atoms with E-state index in [4.69, 9.17) is 15.8 Å². The molecular formula is C12H19ClNO3PS. The van der Waals surface area contributed by atoms with Crippen LogP contribution in [0.2, 0.25) is 0 Å². The van der Waals surface area contributed by atoms with E-state index < -0.39 is 17.5 Å². The van der Waals surface area contributed by atoms with Crippen LogP contribution in [0, 0.1) is 0 Å². The van der Waals surface area contributed by atoms with Gasteiger partial charge in [0.25, 0.3) is 0 Å². The van der Waals surface area contributed by atoms with E-state index in [0.717, 1.165) is 26.1 Å². The molecule has 0 saturated carbocycles. The monoisotopic (exact) mass is 323 g/mol. The maximum Gasteiger partial charge on any atom is 0.206 e. The molecule has 0 spiro atoms. The van der Waals surface area contributed by atoms with Gasteiger partial charge >= 0.3 is 0 Å². The number of hydrogen-bond donors (Lipinski definition) is 0. The molecule has 0 N–H and O–H groups in total. The van der Waals surface area contributed by atoms with Crippen LogP contribution in [-0.2, 0) is 14.4 Å². The summed E-state index contributed by atoms with van der Waals surface area (Å²) in [6, 6.07) is 8.35. The van der Waals surface area contributed by atoms with Crippen molar-refractivity contribution < 1.29 is 12.9 Å². The molecule has 0 bridgehead atoms. The first-order chi connectivity index (χ1) is 8.95. The van der Waals surface area contributed by atoms with Gasteiger partial charge in [0.05, 0.1) is 11.5 Å². The quantitative estimate of drug-likeness (QED) is 0.801. The van der Waals surface area contributed by atoms with Crippen molar-refractivity contribution in [2.24, 2.45) is 0 Å². The second kappa shape index (κ2) is 8.18. The van der Waals surface area contributed by atoms with Crippen molar-refractivity contribution >= 4 is 28.7 Å². The van der Waals surface area contributed by atoms with Gasteiger partial charge in [-0.25, -0.2) is 13.1 Å². The standard InChI is InChI=1S/C7H8O2S.C5H11ClNOP/c1-10(8,9)7-5-3-2-4-6-7;1-2-3-7-4-5-8-9(7)6/h2-6H,1H3;2-5H2,1H3. The molecule has 19 heavy (non-hydrogen) atoms. The summed E-state index contributed by atoms with van der Waals surface area (Å²) in [6.07, 6.45) is 2.36. The van der Waals surface area contributed by atoms with Crippen molar-refractivity contribution in [2.75, 3.05) is 26.0 Å². The highest BCUT2D eigenvalue weighted by molar-refractivity contribution is 7.90. The first-order valence-electron chi connectivity index (χ1n) is 6.04. The van der Waals surface area contributed by atoms with Crippen molar-refractivity contribution in [3.63, 3.8) is 0 Å². The molecule has 0 radical (unpaired) electrons. The van der Waals surface area contributed by atoms with Crippen LogP contribution in [0.25, 0.3) is 0 Å². The molecule has 1 aliphatic heterocycles. The maximum absolute atomic E-state index is 10.8. The lowest BCUT2D eigenvalue weighted by molar-refractivity contribution is 0.393. The van der Waals surface area contributed by atoms with Crippen LogP contribution in [0.5, 0.6) is 0 Å². The summed E-state index contributed by atoms with van der Waals surface area (Å²) in [7, 11) is -3.73. The van der Waals surface area contributed by atoms with Crippen molar-refractivity contribution in [3.05, 3.63) is 30.3 Å². The number of rotatable bonds is 3. The van der Waals surface area contributed by atoms with Crippen molar-refractivity contribution in [3.8, 4) is 0 Å². The van der Waals surface area contributed by atoms with Crippen LogP contribution in [0.15, 0.2) is 35.2 Å². The van der Waals surface area contributed by atoms with Crippen molar-refractivity contribution in [1.82, 2.24) is 4.67 Å². The van der Waals surface area contributed by atoms with Crippen LogP contribution in [0.3, 0.4) is 0 Å². The summed E-state index contributed by atoms with van der Waals surface area (Å²) in [5, 5.41) is 0. The van der Waals surface area contributed by atoms with E-state index in [9.17, 15) is 8.42 Å². The fourth-order valence-corrected chi connectivity index (χ4v) is 3.80. The number of nitrogens with zero attached hydrogens (tertiary/aromatic N) is 1. The highest BCUT2D eigenvalue weighted by Gasteiger charge is 2.22. The van der Waals surface area contributed by atoms with Gasteiger partial charge in [-0.15, -0.1) is 0 Å². The minimum absolute atomic E-state index is 0.370. The van der Waals surface area contributed by atoms with Gasteiger partial charge in [0.15, 0.2) is 9.84 Å². The predicted molar refractivity (Wildman–Crippen MR) is 80.1 cm³/mol. The van der Waals surface area contributed by atoms with E-state index in [0.29, 0.717) is 4.90 Å². The third-order valence-electron chi connectivity index (χ3n) is 2.42. The first kappa shape index (κ1) is 16.9. The molecule has 1 aromatic rings. The average Bonchev–Trinajstić information content (AvgIpc) is 2.77. The lowest BCUT2D eigenvalue weighted by Crippen LogP contribution is -2.13. The largest absolute Gasteiger partial charge is 0.330 e. The summed E-state index contributed by atoms with van der Waals surface area (Å²) in [5.41, 5.74) is 0. The highest BCUT2D eigenvalue weighted by Crippen LogP contribution is 2.49. The van der Waals surface area contributed by atoms with Gasteiger partial charge in [-0.3, -0.25) is 0 Å². The van der Waals surface area contributed by atoms with Crippen LogP contribution < -0.4 is 0 Å². The van der Waals surface area contributed by atoms with Gasteiger partial charge in [0.1, 0.15) is 0 Å². The molecule has 0 aromatic heterocycles. The van der Waals surface area contributed by atoms with Gasteiger partial charge in [0, 0.05) is 19.3 Å². The molecule has 0 amide bonds. The lowest BCUT2D eigenvalue weighted by Gasteiger charge is -2.13. The Morgan fingerprint density at radius 3 is 2.37 bits per heavy atom. The molecule has 108 valence electrons. The van der Waals surface area contributed by atoms with E-state index in [1.54, 1.807) is 30.3 Å². The van der Waals surface area contributed by atoms with Gasteiger partial charge in [0.2, 0.25) is 7.65 Å². The normalized spacial score (nSPS) is 19.8.